The van der Waals surface area contributed by atoms with Crippen molar-refractivity contribution in [2.75, 3.05) is 19.7 Å². The minimum absolute atomic E-state index is 0.168. The Morgan fingerprint density at radius 2 is 1.91 bits per heavy atom. The third-order valence-electron chi connectivity index (χ3n) is 4.33. The molecule has 2 N–H and O–H groups in total. The number of benzene rings is 1. The number of rotatable bonds is 5. The van der Waals surface area contributed by atoms with E-state index >= 15 is 0 Å². The fourth-order valence-electron chi connectivity index (χ4n) is 3.15. The van der Waals surface area contributed by atoms with E-state index in [1.54, 1.807) is 6.20 Å². The van der Waals surface area contributed by atoms with Crippen LogP contribution in [0.3, 0.4) is 0 Å². The van der Waals surface area contributed by atoms with Gasteiger partial charge in [0.25, 0.3) is 0 Å². The largest absolute Gasteiger partial charge is 0.393 e. The molecular formula is C17H23N3O2. The first-order valence-corrected chi connectivity index (χ1v) is 7.78. The maximum atomic E-state index is 10.3. The Hall–Kier alpha value is -1.69. The van der Waals surface area contributed by atoms with Gasteiger partial charge >= 0.3 is 0 Å². The van der Waals surface area contributed by atoms with Crippen LogP contribution in [0.5, 0.6) is 0 Å². The lowest BCUT2D eigenvalue weighted by Gasteiger charge is -2.38. The highest BCUT2D eigenvalue weighted by Crippen LogP contribution is 2.23. The molecule has 2 aromatic rings. The van der Waals surface area contributed by atoms with Crippen LogP contribution in [0.4, 0.5) is 0 Å². The van der Waals surface area contributed by atoms with Crippen LogP contribution in [0.2, 0.25) is 0 Å². The second-order valence-electron chi connectivity index (χ2n) is 6.17. The first-order valence-electron chi connectivity index (χ1n) is 7.78. The summed E-state index contributed by atoms with van der Waals surface area (Å²) in [6.07, 6.45) is 5.34. The first-order chi connectivity index (χ1) is 10.7. The Morgan fingerprint density at radius 1 is 1.14 bits per heavy atom. The lowest BCUT2D eigenvalue weighted by Crippen LogP contribution is -2.50. The average Bonchev–Trinajstić information content (AvgIpc) is 3.02. The van der Waals surface area contributed by atoms with Crippen LogP contribution in [0.15, 0.2) is 42.7 Å². The van der Waals surface area contributed by atoms with Crippen molar-refractivity contribution in [1.82, 2.24) is 14.7 Å². The molecule has 22 heavy (non-hydrogen) atoms. The van der Waals surface area contributed by atoms with Gasteiger partial charge in [-0.05, 0) is 36.6 Å². The second kappa shape index (κ2) is 6.60. The van der Waals surface area contributed by atoms with Crippen molar-refractivity contribution in [3.63, 3.8) is 0 Å². The summed E-state index contributed by atoms with van der Waals surface area (Å²) < 4.78 is 1.92. The zero-order valence-electron chi connectivity index (χ0n) is 12.7. The molecule has 1 unspecified atom stereocenters. The maximum absolute atomic E-state index is 10.3. The summed E-state index contributed by atoms with van der Waals surface area (Å²) in [6, 6.07) is 10.3. The van der Waals surface area contributed by atoms with Crippen molar-refractivity contribution >= 4 is 0 Å². The van der Waals surface area contributed by atoms with Crippen LogP contribution >= 0.6 is 0 Å². The molecule has 1 fully saturated rings. The minimum Gasteiger partial charge on any atom is -0.393 e. The van der Waals surface area contributed by atoms with E-state index in [4.69, 9.17) is 0 Å². The molecule has 5 nitrogen and oxygen atoms in total. The quantitative estimate of drug-likeness (QED) is 0.872. The molecule has 118 valence electrons. The van der Waals surface area contributed by atoms with Crippen molar-refractivity contribution in [2.24, 2.45) is 0 Å². The van der Waals surface area contributed by atoms with Crippen molar-refractivity contribution in [2.45, 2.75) is 31.5 Å². The molecule has 2 heterocycles. The Balaban J connectivity index is 1.72. The second-order valence-corrected chi connectivity index (χ2v) is 6.17. The normalized spacial score (nSPS) is 22.8. The van der Waals surface area contributed by atoms with Gasteiger partial charge < -0.3 is 10.2 Å². The van der Waals surface area contributed by atoms with Crippen molar-refractivity contribution in [3.05, 3.63) is 53.9 Å². The maximum Gasteiger partial charge on any atom is 0.100 e. The van der Waals surface area contributed by atoms with E-state index in [-0.39, 0.29) is 6.61 Å². The molecule has 1 aromatic heterocycles. The predicted octanol–water partition coefficient (Wildman–Crippen LogP) is 1.25. The smallest absolute Gasteiger partial charge is 0.100 e. The van der Waals surface area contributed by atoms with E-state index in [0.717, 1.165) is 26.1 Å². The number of aromatic nitrogens is 2. The number of aliphatic hydroxyl groups excluding tert-OH is 1. The Morgan fingerprint density at radius 3 is 2.59 bits per heavy atom. The summed E-state index contributed by atoms with van der Waals surface area (Å²) in [4.78, 5) is 2.22. The van der Waals surface area contributed by atoms with E-state index in [1.165, 1.54) is 11.1 Å². The molecule has 0 radical (unpaired) electrons. The highest BCUT2D eigenvalue weighted by Gasteiger charge is 2.32. The third-order valence-corrected chi connectivity index (χ3v) is 4.33. The fourth-order valence-corrected chi connectivity index (χ4v) is 3.15. The van der Waals surface area contributed by atoms with Crippen molar-refractivity contribution in [3.8, 4) is 0 Å². The van der Waals surface area contributed by atoms with Crippen LogP contribution in [0, 0.1) is 0 Å². The molecule has 3 rings (SSSR count). The summed E-state index contributed by atoms with van der Waals surface area (Å²) >= 11 is 0. The van der Waals surface area contributed by atoms with Crippen LogP contribution in [-0.4, -0.2) is 50.2 Å². The van der Waals surface area contributed by atoms with E-state index < -0.39 is 5.60 Å². The van der Waals surface area contributed by atoms with Crippen molar-refractivity contribution in [1.29, 1.82) is 0 Å². The molecule has 5 heteroatoms. The predicted molar refractivity (Wildman–Crippen MR) is 84.3 cm³/mol. The van der Waals surface area contributed by atoms with Gasteiger partial charge in [0.15, 0.2) is 0 Å². The van der Waals surface area contributed by atoms with Gasteiger partial charge in [0.2, 0.25) is 0 Å². The number of aliphatic hydroxyl groups is 2. The molecule has 1 aliphatic heterocycles. The van der Waals surface area contributed by atoms with Crippen LogP contribution in [0.1, 0.15) is 24.0 Å². The highest BCUT2D eigenvalue weighted by molar-refractivity contribution is 5.27. The summed E-state index contributed by atoms with van der Waals surface area (Å²) in [7, 11) is 0. The number of β-amino-alcohol motifs (C(OH)–C–C–N with tert-alkyl or cyclic N) is 1. The molecule has 0 bridgehead atoms. The van der Waals surface area contributed by atoms with Gasteiger partial charge in [0.1, 0.15) is 5.60 Å². The fraction of sp³-hybridized carbons (Fsp3) is 0.471. The highest BCUT2D eigenvalue weighted by atomic mass is 16.3. The van der Waals surface area contributed by atoms with E-state index in [2.05, 4.69) is 22.1 Å². The van der Waals surface area contributed by atoms with Gasteiger partial charge in [-0.3, -0.25) is 9.58 Å². The van der Waals surface area contributed by atoms with Gasteiger partial charge in [-0.1, -0.05) is 24.3 Å². The molecule has 0 spiro atoms. The molecule has 1 aliphatic rings. The monoisotopic (exact) mass is 301 g/mol. The molecule has 1 atom stereocenters. The molecule has 1 saturated heterocycles. The summed E-state index contributed by atoms with van der Waals surface area (Å²) in [6.45, 7) is 2.86. The van der Waals surface area contributed by atoms with Crippen LogP contribution in [0.25, 0.3) is 0 Å². The lowest BCUT2D eigenvalue weighted by molar-refractivity contribution is -0.0687. The van der Waals surface area contributed by atoms with Gasteiger partial charge in [-0.2, -0.15) is 5.10 Å². The summed E-state index contributed by atoms with van der Waals surface area (Å²) in [5.41, 5.74) is 1.54. The van der Waals surface area contributed by atoms with E-state index in [0.29, 0.717) is 13.0 Å². The third kappa shape index (κ3) is 3.55. The summed E-state index contributed by atoms with van der Waals surface area (Å²) in [5.74, 6) is 0. The van der Waals surface area contributed by atoms with Gasteiger partial charge in [-0.15, -0.1) is 0 Å². The van der Waals surface area contributed by atoms with Crippen LogP contribution < -0.4 is 0 Å². The zero-order chi connectivity index (χ0) is 15.4. The first kappa shape index (κ1) is 15.2. The number of hydrogen-bond acceptors (Lipinski definition) is 4. The Bertz CT molecular complexity index is 600. The summed E-state index contributed by atoms with van der Waals surface area (Å²) in [5, 5.41) is 23.9. The topological polar surface area (TPSA) is 61.5 Å². The zero-order valence-corrected chi connectivity index (χ0v) is 12.7. The van der Waals surface area contributed by atoms with Crippen molar-refractivity contribution < 1.29 is 10.2 Å². The SMILES string of the molecule is OCC1(O)CCCN(Cc2ccccc2Cn2cccn2)C1. The molecular weight excluding hydrogens is 278 g/mol. The number of nitrogens with zero attached hydrogens (tertiary/aromatic N) is 3. The minimum atomic E-state index is -0.949. The number of hydrogen-bond donors (Lipinski definition) is 2. The van der Waals surface area contributed by atoms with Gasteiger partial charge in [-0.25, -0.2) is 0 Å². The van der Waals surface area contributed by atoms with Crippen LogP contribution in [-0.2, 0) is 13.1 Å². The lowest BCUT2D eigenvalue weighted by atomic mass is 9.93. The molecule has 0 saturated carbocycles. The standard InChI is InChI=1S/C17H23N3O2/c21-14-17(22)7-3-9-19(13-17)11-15-5-1-2-6-16(15)12-20-10-4-8-18-20/h1-2,4-6,8,10,21-22H,3,7,9,11-14H2. The molecule has 1 aromatic carbocycles. The Kier molecular flexibility index (Phi) is 4.57. The number of piperidine rings is 1. The Labute approximate surface area is 130 Å². The number of likely N-dealkylation sites (tertiary alicyclic amines) is 1. The van der Waals surface area contributed by atoms with Gasteiger partial charge in [0.05, 0.1) is 13.2 Å². The van der Waals surface area contributed by atoms with E-state index in [1.807, 2.05) is 29.1 Å². The molecule has 0 aliphatic carbocycles. The molecule has 0 amide bonds. The average molecular weight is 301 g/mol. The van der Waals surface area contributed by atoms with Gasteiger partial charge in [0, 0.05) is 25.5 Å². The van der Waals surface area contributed by atoms with E-state index in [9.17, 15) is 10.2 Å².